The molecule has 3 rings (SSSR count). The average molecular weight is 337 g/mol. The zero-order chi connectivity index (χ0) is 17.1. The van der Waals surface area contributed by atoms with Crippen LogP contribution in [-0.4, -0.2) is 20.9 Å². The molecule has 0 spiro atoms. The Balaban J connectivity index is 1.90. The van der Waals surface area contributed by atoms with E-state index in [4.69, 9.17) is 12.2 Å². The van der Waals surface area contributed by atoms with Gasteiger partial charge in [-0.3, -0.25) is 19.3 Å². The molecule has 2 aromatic carbocycles. The molecule has 120 valence electrons. The zero-order valence-corrected chi connectivity index (χ0v) is 13.7. The van der Waals surface area contributed by atoms with Crippen LogP contribution in [0.15, 0.2) is 64.4 Å². The van der Waals surface area contributed by atoms with Crippen LogP contribution in [0.4, 0.5) is 5.69 Å². The Bertz CT molecular complexity index is 1000. The van der Waals surface area contributed by atoms with E-state index in [1.807, 2.05) is 54.6 Å². The number of hydrogen-bond acceptors (Lipinski definition) is 4. The number of nitrogens with zero attached hydrogens (tertiary/aromatic N) is 2. The summed E-state index contributed by atoms with van der Waals surface area (Å²) in [6.07, 6.45) is 1.33. The lowest BCUT2D eigenvalue weighted by molar-refractivity contribution is 0.420. The van der Waals surface area contributed by atoms with Crippen LogP contribution in [-0.2, 0) is 7.05 Å². The molecule has 0 radical (unpaired) electrons. The van der Waals surface area contributed by atoms with Crippen molar-refractivity contribution in [3.8, 4) is 17.0 Å². The lowest BCUT2D eigenvalue weighted by atomic mass is 10.1. The lowest BCUT2D eigenvalue weighted by Crippen LogP contribution is -2.17. The SMILES string of the molecule is Cn1c(O)c(C=Nc2ccc(-c3ccccc3)cc2)c(=O)[nH]c1=S. The van der Waals surface area contributed by atoms with E-state index < -0.39 is 5.56 Å². The quantitative estimate of drug-likeness (QED) is 0.567. The van der Waals surface area contributed by atoms with Crippen LogP contribution in [0, 0.1) is 4.77 Å². The first-order valence-electron chi connectivity index (χ1n) is 7.28. The molecular weight excluding hydrogens is 322 g/mol. The minimum atomic E-state index is -0.472. The Kier molecular flexibility index (Phi) is 4.39. The van der Waals surface area contributed by atoms with Gasteiger partial charge < -0.3 is 5.11 Å². The fourth-order valence-corrected chi connectivity index (χ4v) is 2.43. The summed E-state index contributed by atoms with van der Waals surface area (Å²) < 4.78 is 1.47. The van der Waals surface area contributed by atoms with Gasteiger partial charge in [-0.05, 0) is 35.5 Å². The second-order valence-electron chi connectivity index (χ2n) is 5.23. The minimum Gasteiger partial charge on any atom is -0.494 e. The van der Waals surface area contributed by atoms with Crippen molar-refractivity contribution in [1.29, 1.82) is 0 Å². The summed E-state index contributed by atoms with van der Waals surface area (Å²) in [4.78, 5) is 18.6. The van der Waals surface area contributed by atoms with Crippen LogP contribution in [0.1, 0.15) is 5.56 Å². The van der Waals surface area contributed by atoms with Gasteiger partial charge in [0.2, 0.25) is 5.88 Å². The van der Waals surface area contributed by atoms with E-state index in [9.17, 15) is 9.90 Å². The number of nitrogens with one attached hydrogen (secondary N) is 1. The lowest BCUT2D eigenvalue weighted by Gasteiger charge is -2.05. The van der Waals surface area contributed by atoms with Gasteiger partial charge in [-0.15, -0.1) is 0 Å². The summed E-state index contributed by atoms with van der Waals surface area (Å²) in [5, 5.41) is 10.0. The van der Waals surface area contributed by atoms with E-state index in [1.54, 1.807) is 7.05 Å². The summed E-state index contributed by atoms with van der Waals surface area (Å²) in [5.74, 6) is -0.214. The third-order valence-corrected chi connectivity index (χ3v) is 4.02. The Morgan fingerprint density at radius 3 is 2.38 bits per heavy atom. The van der Waals surface area contributed by atoms with Crippen molar-refractivity contribution < 1.29 is 5.11 Å². The van der Waals surface area contributed by atoms with Gasteiger partial charge in [0, 0.05) is 13.3 Å². The molecule has 5 nitrogen and oxygen atoms in total. The summed E-state index contributed by atoms with van der Waals surface area (Å²) in [5.41, 5.74) is 2.48. The molecule has 0 amide bonds. The van der Waals surface area contributed by atoms with Gasteiger partial charge in [-0.25, -0.2) is 0 Å². The van der Waals surface area contributed by atoms with Gasteiger partial charge in [0.1, 0.15) is 5.56 Å². The van der Waals surface area contributed by atoms with Gasteiger partial charge in [-0.2, -0.15) is 0 Å². The van der Waals surface area contributed by atoms with E-state index in [-0.39, 0.29) is 16.2 Å². The van der Waals surface area contributed by atoms with E-state index in [0.717, 1.165) is 11.1 Å². The van der Waals surface area contributed by atoms with Crippen LogP contribution in [0.5, 0.6) is 5.88 Å². The molecule has 0 aliphatic heterocycles. The molecule has 0 atom stereocenters. The van der Waals surface area contributed by atoms with Crippen molar-refractivity contribution in [2.45, 2.75) is 0 Å². The van der Waals surface area contributed by atoms with Gasteiger partial charge in [0.15, 0.2) is 4.77 Å². The maximum absolute atomic E-state index is 11.9. The largest absolute Gasteiger partial charge is 0.494 e. The fourth-order valence-electron chi connectivity index (χ4n) is 2.25. The Labute approximate surface area is 143 Å². The molecule has 0 saturated carbocycles. The normalized spacial score (nSPS) is 11.0. The second-order valence-corrected chi connectivity index (χ2v) is 5.61. The van der Waals surface area contributed by atoms with Gasteiger partial charge >= 0.3 is 0 Å². The summed E-state index contributed by atoms with van der Waals surface area (Å²) >= 11 is 4.93. The van der Waals surface area contributed by atoms with E-state index in [0.29, 0.717) is 5.69 Å². The Morgan fingerprint density at radius 2 is 1.71 bits per heavy atom. The molecule has 0 aliphatic carbocycles. The minimum absolute atomic E-state index is 0.0678. The standard InChI is InChI=1S/C18H15N3O2S/c1-21-17(23)15(16(22)20-18(21)24)11-19-14-9-7-13(8-10-14)12-5-3-2-4-6-12/h2-11,23H,1H3,(H,20,22,24). The molecule has 0 bridgehead atoms. The fraction of sp³-hybridized carbons (Fsp3) is 0.0556. The van der Waals surface area contributed by atoms with Crippen LogP contribution >= 0.6 is 12.2 Å². The highest BCUT2D eigenvalue weighted by molar-refractivity contribution is 7.71. The number of aromatic hydroxyl groups is 1. The monoisotopic (exact) mass is 337 g/mol. The Hall–Kier alpha value is -2.99. The molecule has 0 saturated heterocycles. The maximum Gasteiger partial charge on any atom is 0.264 e. The average Bonchev–Trinajstić information content (AvgIpc) is 2.61. The highest BCUT2D eigenvalue weighted by atomic mass is 32.1. The first-order chi connectivity index (χ1) is 11.6. The van der Waals surface area contributed by atoms with E-state index >= 15 is 0 Å². The van der Waals surface area contributed by atoms with Crippen molar-refractivity contribution in [3.63, 3.8) is 0 Å². The topological polar surface area (TPSA) is 70.4 Å². The molecule has 1 heterocycles. The molecule has 0 fully saturated rings. The molecule has 0 aliphatic rings. The zero-order valence-electron chi connectivity index (χ0n) is 12.9. The van der Waals surface area contributed by atoms with Crippen molar-refractivity contribution in [3.05, 3.63) is 75.3 Å². The van der Waals surface area contributed by atoms with Gasteiger partial charge in [-0.1, -0.05) is 42.5 Å². The van der Waals surface area contributed by atoms with Crippen molar-refractivity contribution in [1.82, 2.24) is 9.55 Å². The second kappa shape index (κ2) is 6.64. The molecule has 2 N–H and O–H groups in total. The molecule has 6 heteroatoms. The van der Waals surface area contributed by atoms with Gasteiger partial charge in [0.25, 0.3) is 5.56 Å². The van der Waals surface area contributed by atoms with Crippen LogP contribution in [0.25, 0.3) is 11.1 Å². The Morgan fingerprint density at radius 1 is 1.08 bits per heavy atom. The summed E-state index contributed by atoms with van der Waals surface area (Å²) in [6, 6.07) is 17.6. The third kappa shape index (κ3) is 3.18. The molecule has 24 heavy (non-hydrogen) atoms. The highest BCUT2D eigenvalue weighted by Crippen LogP contribution is 2.22. The number of aromatic nitrogens is 2. The molecular formula is C18H15N3O2S. The molecule has 1 aromatic heterocycles. The number of aliphatic imine (C=N–C) groups is 1. The van der Waals surface area contributed by atoms with Crippen LogP contribution < -0.4 is 5.56 Å². The van der Waals surface area contributed by atoms with E-state index in [2.05, 4.69) is 9.98 Å². The summed E-state index contributed by atoms with van der Waals surface area (Å²) in [6.45, 7) is 0. The van der Waals surface area contributed by atoms with Crippen molar-refractivity contribution in [2.75, 3.05) is 0 Å². The predicted molar refractivity (Wildman–Crippen MR) is 97.7 cm³/mol. The van der Waals surface area contributed by atoms with Crippen LogP contribution in [0.2, 0.25) is 0 Å². The molecule has 0 unspecified atom stereocenters. The maximum atomic E-state index is 11.9. The highest BCUT2D eigenvalue weighted by Gasteiger charge is 2.07. The number of H-pyrrole nitrogens is 1. The predicted octanol–water partition coefficient (Wildman–Crippen LogP) is 3.57. The smallest absolute Gasteiger partial charge is 0.264 e. The third-order valence-electron chi connectivity index (χ3n) is 3.65. The number of aromatic amines is 1. The van der Waals surface area contributed by atoms with Crippen molar-refractivity contribution >= 4 is 24.1 Å². The number of benzene rings is 2. The van der Waals surface area contributed by atoms with Gasteiger partial charge in [0.05, 0.1) is 5.69 Å². The van der Waals surface area contributed by atoms with Crippen LogP contribution in [0.3, 0.4) is 0 Å². The molecule has 3 aromatic rings. The first kappa shape index (κ1) is 15.9. The number of hydrogen-bond donors (Lipinski definition) is 2. The number of rotatable bonds is 3. The first-order valence-corrected chi connectivity index (χ1v) is 7.69. The summed E-state index contributed by atoms with van der Waals surface area (Å²) in [7, 11) is 1.57. The van der Waals surface area contributed by atoms with E-state index in [1.165, 1.54) is 10.8 Å². The van der Waals surface area contributed by atoms with Crippen molar-refractivity contribution in [2.24, 2.45) is 12.0 Å².